The van der Waals surface area contributed by atoms with Gasteiger partial charge in [-0.25, -0.2) is 0 Å². The van der Waals surface area contributed by atoms with Gasteiger partial charge in [-0.3, -0.25) is 10.1 Å². The Hall–Kier alpha value is -2.56. The summed E-state index contributed by atoms with van der Waals surface area (Å²) in [6.07, 6.45) is 0. The molecule has 0 aliphatic carbocycles. The number of ether oxygens (including phenoxy) is 1. The van der Waals surface area contributed by atoms with Gasteiger partial charge in [-0.2, -0.15) is 0 Å². The Labute approximate surface area is 123 Å². The number of nitrogens with zero attached hydrogens (tertiary/aromatic N) is 1. The topological polar surface area (TPSA) is 64.4 Å². The van der Waals surface area contributed by atoms with E-state index < -0.39 is 4.92 Å². The Bertz CT molecular complexity index is 611. The van der Waals surface area contributed by atoms with E-state index in [1.807, 2.05) is 38.1 Å². The molecule has 0 aromatic heterocycles. The fourth-order valence-corrected chi connectivity index (χ4v) is 2.07. The minimum atomic E-state index is -0.397. The van der Waals surface area contributed by atoms with Gasteiger partial charge in [0.05, 0.1) is 17.2 Å². The van der Waals surface area contributed by atoms with Crippen LogP contribution in [-0.2, 0) is 0 Å². The molecule has 0 fully saturated rings. The second-order valence-corrected chi connectivity index (χ2v) is 4.64. The normalized spacial score (nSPS) is 11.7. The van der Waals surface area contributed by atoms with Crippen molar-refractivity contribution in [3.05, 3.63) is 64.2 Å². The molecule has 2 aromatic carbocycles. The number of para-hydroxylation sites is 2. The van der Waals surface area contributed by atoms with Crippen molar-refractivity contribution in [3.63, 3.8) is 0 Å². The summed E-state index contributed by atoms with van der Waals surface area (Å²) in [4.78, 5) is 10.3. The molecule has 0 saturated carbocycles. The van der Waals surface area contributed by atoms with Gasteiger partial charge in [-0.1, -0.05) is 24.3 Å². The summed E-state index contributed by atoms with van der Waals surface area (Å²) in [7, 11) is 0. The predicted molar refractivity (Wildman–Crippen MR) is 82.7 cm³/mol. The number of benzene rings is 2. The molecule has 0 bridgehead atoms. The molecule has 2 rings (SSSR count). The minimum absolute atomic E-state index is 0.0208. The molecule has 0 aliphatic rings. The summed E-state index contributed by atoms with van der Waals surface area (Å²) in [5.74, 6) is 0.800. The molecule has 2 aromatic rings. The van der Waals surface area contributed by atoms with Crippen molar-refractivity contribution in [2.75, 3.05) is 11.9 Å². The van der Waals surface area contributed by atoms with Gasteiger partial charge in [0.2, 0.25) is 0 Å². The van der Waals surface area contributed by atoms with E-state index >= 15 is 0 Å². The van der Waals surface area contributed by atoms with Crippen LogP contribution in [-0.4, -0.2) is 11.5 Å². The average Bonchev–Trinajstić information content (AvgIpc) is 2.49. The summed E-state index contributed by atoms with van der Waals surface area (Å²) < 4.78 is 5.57. The molecule has 0 heterocycles. The SMILES string of the molecule is CCOc1ccccc1NC(C)c1ccc([N+](=O)[O-])cc1. The van der Waals surface area contributed by atoms with Gasteiger partial charge in [0.25, 0.3) is 5.69 Å². The number of nitro groups is 1. The van der Waals surface area contributed by atoms with E-state index in [-0.39, 0.29) is 11.7 Å². The third-order valence-corrected chi connectivity index (χ3v) is 3.16. The maximum atomic E-state index is 10.7. The highest BCUT2D eigenvalue weighted by Gasteiger charge is 2.11. The number of hydrogen-bond acceptors (Lipinski definition) is 4. The zero-order chi connectivity index (χ0) is 15.2. The molecular weight excluding hydrogens is 268 g/mol. The Morgan fingerprint density at radius 1 is 1.19 bits per heavy atom. The van der Waals surface area contributed by atoms with Crippen molar-refractivity contribution in [2.24, 2.45) is 0 Å². The molecule has 1 unspecified atom stereocenters. The van der Waals surface area contributed by atoms with Crippen LogP contribution >= 0.6 is 0 Å². The number of hydrogen-bond donors (Lipinski definition) is 1. The van der Waals surface area contributed by atoms with Crippen LogP contribution in [0.1, 0.15) is 25.5 Å². The summed E-state index contributed by atoms with van der Waals surface area (Å²) in [6.45, 7) is 4.55. The molecule has 5 nitrogen and oxygen atoms in total. The second kappa shape index (κ2) is 6.74. The lowest BCUT2D eigenvalue weighted by atomic mass is 10.1. The number of non-ortho nitro benzene ring substituents is 1. The third-order valence-electron chi connectivity index (χ3n) is 3.16. The van der Waals surface area contributed by atoms with Crippen molar-refractivity contribution >= 4 is 11.4 Å². The summed E-state index contributed by atoms with van der Waals surface area (Å²) in [5.41, 5.74) is 1.98. The van der Waals surface area contributed by atoms with E-state index in [4.69, 9.17) is 4.74 Å². The first-order chi connectivity index (χ1) is 10.1. The Kier molecular flexibility index (Phi) is 4.77. The zero-order valence-corrected chi connectivity index (χ0v) is 12.1. The van der Waals surface area contributed by atoms with E-state index in [2.05, 4.69) is 5.32 Å². The maximum Gasteiger partial charge on any atom is 0.269 e. The molecular formula is C16H18N2O3. The van der Waals surface area contributed by atoms with Crippen LogP contribution in [0.4, 0.5) is 11.4 Å². The monoisotopic (exact) mass is 286 g/mol. The highest BCUT2D eigenvalue weighted by Crippen LogP contribution is 2.28. The van der Waals surface area contributed by atoms with E-state index in [0.29, 0.717) is 6.61 Å². The Morgan fingerprint density at radius 2 is 1.86 bits per heavy atom. The number of rotatable bonds is 6. The van der Waals surface area contributed by atoms with Crippen LogP contribution in [0, 0.1) is 10.1 Å². The maximum absolute atomic E-state index is 10.7. The Morgan fingerprint density at radius 3 is 2.48 bits per heavy atom. The minimum Gasteiger partial charge on any atom is -0.492 e. The highest BCUT2D eigenvalue weighted by molar-refractivity contribution is 5.57. The van der Waals surface area contributed by atoms with Crippen LogP contribution in [0.5, 0.6) is 5.75 Å². The molecule has 1 atom stereocenters. The van der Waals surface area contributed by atoms with Gasteiger partial charge in [-0.05, 0) is 31.5 Å². The second-order valence-electron chi connectivity index (χ2n) is 4.64. The zero-order valence-electron chi connectivity index (χ0n) is 12.1. The van der Waals surface area contributed by atoms with E-state index in [1.54, 1.807) is 12.1 Å². The van der Waals surface area contributed by atoms with E-state index in [9.17, 15) is 10.1 Å². The predicted octanol–water partition coefficient (Wildman–Crippen LogP) is 4.17. The first-order valence-electron chi connectivity index (χ1n) is 6.84. The highest BCUT2D eigenvalue weighted by atomic mass is 16.6. The molecule has 0 saturated heterocycles. The van der Waals surface area contributed by atoms with Gasteiger partial charge >= 0.3 is 0 Å². The summed E-state index contributed by atoms with van der Waals surface area (Å²) in [6, 6.07) is 14.3. The fraction of sp³-hybridized carbons (Fsp3) is 0.250. The van der Waals surface area contributed by atoms with Gasteiger partial charge in [0.1, 0.15) is 5.75 Å². The quantitative estimate of drug-likeness (QED) is 0.639. The van der Waals surface area contributed by atoms with Crippen LogP contribution in [0.15, 0.2) is 48.5 Å². The van der Waals surface area contributed by atoms with E-state index in [1.165, 1.54) is 12.1 Å². The number of nitrogens with one attached hydrogen (secondary N) is 1. The van der Waals surface area contributed by atoms with E-state index in [0.717, 1.165) is 17.0 Å². The number of nitro benzene ring substituents is 1. The van der Waals surface area contributed by atoms with Crippen molar-refractivity contribution in [1.29, 1.82) is 0 Å². The smallest absolute Gasteiger partial charge is 0.269 e. The first kappa shape index (κ1) is 14.8. The summed E-state index contributed by atoms with van der Waals surface area (Å²) in [5, 5.41) is 14.0. The molecule has 0 amide bonds. The lowest BCUT2D eigenvalue weighted by Gasteiger charge is -2.18. The lowest BCUT2D eigenvalue weighted by Crippen LogP contribution is -2.08. The average molecular weight is 286 g/mol. The van der Waals surface area contributed by atoms with Crippen molar-refractivity contribution in [3.8, 4) is 5.75 Å². The molecule has 110 valence electrons. The Balaban J connectivity index is 2.14. The fourth-order valence-electron chi connectivity index (χ4n) is 2.07. The van der Waals surface area contributed by atoms with Crippen LogP contribution in [0.2, 0.25) is 0 Å². The summed E-state index contributed by atoms with van der Waals surface area (Å²) >= 11 is 0. The van der Waals surface area contributed by atoms with Gasteiger partial charge in [-0.15, -0.1) is 0 Å². The largest absolute Gasteiger partial charge is 0.492 e. The van der Waals surface area contributed by atoms with Gasteiger partial charge < -0.3 is 10.1 Å². The van der Waals surface area contributed by atoms with Crippen molar-refractivity contribution < 1.29 is 9.66 Å². The molecule has 0 radical (unpaired) electrons. The standard InChI is InChI=1S/C16H18N2O3/c1-3-21-16-7-5-4-6-15(16)17-12(2)13-8-10-14(11-9-13)18(19)20/h4-12,17H,3H2,1-2H3. The van der Waals surface area contributed by atoms with Gasteiger partial charge in [0.15, 0.2) is 0 Å². The number of anilines is 1. The molecule has 0 spiro atoms. The molecule has 0 aliphatic heterocycles. The third kappa shape index (κ3) is 3.72. The molecule has 5 heteroatoms. The van der Waals surface area contributed by atoms with Crippen LogP contribution < -0.4 is 10.1 Å². The van der Waals surface area contributed by atoms with Crippen LogP contribution in [0.25, 0.3) is 0 Å². The van der Waals surface area contributed by atoms with Crippen molar-refractivity contribution in [2.45, 2.75) is 19.9 Å². The lowest BCUT2D eigenvalue weighted by molar-refractivity contribution is -0.384. The molecule has 1 N–H and O–H groups in total. The van der Waals surface area contributed by atoms with Crippen molar-refractivity contribution in [1.82, 2.24) is 0 Å². The molecule has 21 heavy (non-hydrogen) atoms. The van der Waals surface area contributed by atoms with Crippen LogP contribution in [0.3, 0.4) is 0 Å². The van der Waals surface area contributed by atoms with Gasteiger partial charge in [0, 0.05) is 18.2 Å². The first-order valence-corrected chi connectivity index (χ1v) is 6.84.